The molecule has 0 aliphatic carbocycles. The second kappa shape index (κ2) is 11.7. The van der Waals surface area contributed by atoms with Gasteiger partial charge in [0, 0.05) is 11.1 Å². The maximum absolute atomic E-state index is 13.5. The Morgan fingerprint density at radius 1 is 1.05 bits per heavy atom. The predicted molar refractivity (Wildman–Crippen MR) is 142 cm³/mol. The van der Waals surface area contributed by atoms with E-state index in [1.165, 1.54) is 12.1 Å². The van der Waals surface area contributed by atoms with Crippen molar-refractivity contribution in [3.63, 3.8) is 0 Å². The summed E-state index contributed by atoms with van der Waals surface area (Å²) in [6, 6.07) is 20.2. The van der Waals surface area contributed by atoms with Crippen molar-refractivity contribution in [2.45, 2.75) is 20.5 Å². The fourth-order valence-corrected chi connectivity index (χ4v) is 4.62. The number of aliphatic hydroxyl groups excluding tert-OH is 1. The maximum atomic E-state index is 13.5. The van der Waals surface area contributed by atoms with Gasteiger partial charge in [-0.25, -0.2) is 14.2 Å². The molecule has 0 radical (unpaired) electrons. The molecule has 8 heteroatoms. The van der Waals surface area contributed by atoms with Gasteiger partial charge in [-0.1, -0.05) is 60.3 Å². The molecule has 37 heavy (non-hydrogen) atoms. The number of halogens is 1. The van der Waals surface area contributed by atoms with E-state index in [9.17, 15) is 19.1 Å². The molecule has 0 bridgehead atoms. The van der Waals surface area contributed by atoms with Crippen molar-refractivity contribution >= 4 is 34.8 Å². The number of aliphatic imine (C=N–C) groups is 1. The first-order valence-corrected chi connectivity index (χ1v) is 12.3. The van der Waals surface area contributed by atoms with Crippen LogP contribution in [0.3, 0.4) is 0 Å². The third kappa shape index (κ3) is 6.16. The van der Waals surface area contributed by atoms with E-state index in [0.29, 0.717) is 27.3 Å². The van der Waals surface area contributed by atoms with Crippen molar-refractivity contribution < 1.29 is 28.6 Å². The van der Waals surface area contributed by atoms with Gasteiger partial charge in [0.15, 0.2) is 0 Å². The van der Waals surface area contributed by atoms with Gasteiger partial charge in [-0.15, -0.1) is 0 Å². The Kier molecular flexibility index (Phi) is 8.20. The van der Waals surface area contributed by atoms with Crippen LogP contribution in [-0.4, -0.2) is 28.6 Å². The van der Waals surface area contributed by atoms with Gasteiger partial charge in [-0.05, 0) is 55.3 Å². The zero-order valence-electron chi connectivity index (χ0n) is 20.2. The minimum atomic E-state index is -0.775. The minimum absolute atomic E-state index is 0.0496. The zero-order valence-corrected chi connectivity index (χ0v) is 21.0. The highest BCUT2D eigenvalue weighted by Gasteiger charge is 2.34. The van der Waals surface area contributed by atoms with Crippen molar-refractivity contribution in [2.75, 3.05) is 6.61 Å². The van der Waals surface area contributed by atoms with Crippen LogP contribution in [0.15, 0.2) is 94.0 Å². The van der Waals surface area contributed by atoms with Crippen molar-refractivity contribution in [1.29, 1.82) is 0 Å². The van der Waals surface area contributed by atoms with Crippen molar-refractivity contribution in [2.24, 2.45) is 4.99 Å². The SMILES string of the molecule is CCOC(=O)C1=C(O)/C(=C/c2ccccc2OCc2cccc(F)c2)SC1=NC(=O)c1ccccc1C. The van der Waals surface area contributed by atoms with Gasteiger partial charge in [0.1, 0.15) is 34.5 Å². The number of benzene rings is 3. The third-order valence-corrected chi connectivity index (χ3v) is 6.46. The van der Waals surface area contributed by atoms with Crippen LogP contribution in [0.2, 0.25) is 0 Å². The topological polar surface area (TPSA) is 85.2 Å². The Labute approximate surface area is 218 Å². The number of aliphatic hydroxyl groups is 1. The van der Waals surface area contributed by atoms with E-state index in [-0.39, 0.29) is 35.4 Å². The summed E-state index contributed by atoms with van der Waals surface area (Å²) >= 11 is 0.990. The lowest BCUT2D eigenvalue weighted by Gasteiger charge is -2.10. The predicted octanol–water partition coefficient (Wildman–Crippen LogP) is 6.41. The summed E-state index contributed by atoms with van der Waals surface area (Å²) in [6.07, 6.45) is 1.64. The summed E-state index contributed by atoms with van der Waals surface area (Å²) < 4.78 is 24.5. The number of esters is 1. The van der Waals surface area contributed by atoms with E-state index in [1.807, 2.05) is 6.07 Å². The lowest BCUT2D eigenvalue weighted by Crippen LogP contribution is -2.14. The summed E-state index contributed by atoms with van der Waals surface area (Å²) in [6.45, 7) is 3.67. The largest absolute Gasteiger partial charge is 0.506 e. The van der Waals surface area contributed by atoms with Crippen molar-refractivity contribution in [1.82, 2.24) is 0 Å². The van der Waals surface area contributed by atoms with Crippen LogP contribution in [0, 0.1) is 12.7 Å². The lowest BCUT2D eigenvalue weighted by molar-refractivity contribution is -0.138. The summed E-state index contributed by atoms with van der Waals surface area (Å²) in [5.74, 6) is -1.50. The van der Waals surface area contributed by atoms with E-state index in [0.717, 1.165) is 17.3 Å². The van der Waals surface area contributed by atoms with Crippen molar-refractivity contribution in [3.05, 3.63) is 117 Å². The van der Waals surface area contributed by atoms with Crippen LogP contribution in [0.25, 0.3) is 6.08 Å². The first-order chi connectivity index (χ1) is 17.9. The number of carbonyl (C=O) groups is 2. The molecule has 1 amide bonds. The molecule has 1 aliphatic heterocycles. The van der Waals surface area contributed by atoms with E-state index in [2.05, 4.69) is 4.99 Å². The number of para-hydroxylation sites is 1. The van der Waals surface area contributed by atoms with Gasteiger partial charge in [0.05, 0.1) is 11.5 Å². The van der Waals surface area contributed by atoms with Crippen LogP contribution in [0.5, 0.6) is 5.75 Å². The highest BCUT2D eigenvalue weighted by molar-refractivity contribution is 8.18. The molecule has 6 nitrogen and oxygen atoms in total. The summed E-state index contributed by atoms with van der Waals surface area (Å²) in [5.41, 5.74) is 2.24. The lowest BCUT2D eigenvalue weighted by atomic mass is 10.1. The fraction of sp³-hybridized carbons (Fsp3) is 0.138. The Bertz CT molecular complexity index is 1440. The molecule has 188 valence electrons. The zero-order chi connectivity index (χ0) is 26.4. The first-order valence-electron chi connectivity index (χ1n) is 11.5. The van der Waals surface area contributed by atoms with Crippen LogP contribution >= 0.6 is 11.8 Å². The normalized spacial score (nSPS) is 15.3. The average Bonchev–Trinajstić information content (AvgIpc) is 3.18. The van der Waals surface area contributed by atoms with Gasteiger partial charge >= 0.3 is 5.97 Å². The molecule has 0 aromatic heterocycles. The maximum Gasteiger partial charge on any atom is 0.344 e. The average molecular weight is 518 g/mol. The first kappa shape index (κ1) is 25.9. The summed E-state index contributed by atoms with van der Waals surface area (Å²) in [5, 5.41) is 11.0. The second-order valence-electron chi connectivity index (χ2n) is 8.05. The number of hydrogen-bond donors (Lipinski definition) is 1. The third-order valence-electron chi connectivity index (χ3n) is 5.44. The van der Waals surface area contributed by atoms with Gasteiger partial charge in [-0.3, -0.25) is 4.79 Å². The monoisotopic (exact) mass is 517 g/mol. The van der Waals surface area contributed by atoms with Gasteiger partial charge in [-0.2, -0.15) is 0 Å². The van der Waals surface area contributed by atoms with Gasteiger partial charge in [0.25, 0.3) is 5.91 Å². The molecule has 1 aliphatic rings. The van der Waals surface area contributed by atoms with Crippen LogP contribution in [0.1, 0.15) is 34.0 Å². The minimum Gasteiger partial charge on any atom is -0.506 e. The highest BCUT2D eigenvalue weighted by atomic mass is 32.2. The molecule has 0 fully saturated rings. The Balaban J connectivity index is 1.67. The number of hydrogen-bond acceptors (Lipinski definition) is 6. The van der Waals surface area contributed by atoms with E-state index in [4.69, 9.17) is 9.47 Å². The summed E-state index contributed by atoms with van der Waals surface area (Å²) in [4.78, 5) is 30.0. The number of rotatable bonds is 7. The van der Waals surface area contributed by atoms with Crippen LogP contribution in [-0.2, 0) is 16.1 Å². The molecule has 1 heterocycles. The van der Waals surface area contributed by atoms with E-state index < -0.39 is 11.9 Å². The Morgan fingerprint density at radius 2 is 1.81 bits per heavy atom. The second-order valence-corrected chi connectivity index (χ2v) is 9.08. The molecule has 3 aromatic rings. The Morgan fingerprint density at radius 3 is 2.57 bits per heavy atom. The molecule has 0 saturated heterocycles. The number of amides is 1. The van der Waals surface area contributed by atoms with Crippen molar-refractivity contribution in [3.8, 4) is 5.75 Å². The van der Waals surface area contributed by atoms with Gasteiger partial charge in [0.2, 0.25) is 0 Å². The molecule has 0 spiro atoms. The molecule has 4 rings (SSSR count). The van der Waals surface area contributed by atoms with Gasteiger partial charge < -0.3 is 14.6 Å². The smallest absolute Gasteiger partial charge is 0.344 e. The highest BCUT2D eigenvalue weighted by Crippen LogP contribution is 2.40. The summed E-state index contributed by atoms with van der Waals surface area (Å²) in [7, 11) is 0. The van der Waals surface area contributed by atoms with Crippen LogP contribution in [0.4, 0.5) is 4.39 Å². The van der Waals surface area contributed by atoms with E-state index >= 15 is 0 Å². The number of ether oxygens (including phenoxy) is 2. The molecule has 3 aromatic carbocycles. The molecular weight excluding hydrogens is 493 g/mol. The number of carbonyl (C=O) groups excluding carboxylic acids is 2. The Hall–Kier alpha value is -4.17. The standard InChI is InChI=1S/C29H24FNO5S/c1-3-35-29(34)25-26(32)24(37-28(25)31-27(33)22-13-6-4-9-18(22)2)16-20-11-5-7-14-23(20)36-17-19-10-8-12-21(30)15-19/h4-16,32H,3,17H2,1-2H3/b24-16-,31-28?. The number of aryl methyl sites for hydroxylation is 1. The van der Waals surface area contributed by atoms with Crippen LogP contribution < -0.4 is 4.74 Å². The fourth-order valence-electron chi connectivity index (χ4n) is 3.62. The quantitative estimate of drug-likeness (QED) is 0.364. The van der Waals surface area contributed by atoms with E-state index in [1.54, 1.807) is 74.5 Å². The molecule has 1 N–H and O–H groups in total. The molecule has 0 unspecified atom stereocenters. The molecular formula is C29H24FNO5S. The molecule has 0 saturated carbocycles. The number of thioether (sulfide) groups is 1. The molecule has 0 atom stereocenters. The number of nitrogens with zero attached hydrogens (tertiary/aromatic N) is 1.